The number of hydrogen-bond acceptors (Lipinski definition) is 4. The number of rotatable bonds is 5. The third-order valence-electron chi connectivity index (χ3n) is 4.05. The predicted octanol–water partition coefficient (Wildman–Crippen LogP) is 1.47. The highest BCUT2D eigenvalue weighted by molar-refractivity contribution is 5.95. The molecule has 0 spiro atoms. The smallest absolute Gasteiger partial charge is 0.243 e. The summed E-state index contributed by atoms with van der Waals surface area (Å²) in [5, 5.41) is 5.55. The van der Waals surface area contributed by atoms with Crippen LogP contribution >= 0.6 is 0 Å². The minimum Gasteiger partial charge on any atom is -0.373 e. The Kier molecular flexibility index (Phi) is 6.34. The normalized spacial score (nSPS) is 21.3. The molecule has 2 rings (SSSR count). The lowest BCUT2D eigenvalue weighted by Gasteiger charge is -2.34. The number of carbonyl (C=O) groups is 2. The van der Waals surface area contributed by atoms with Gasteiger partial charge in [-0.2, -0.15) is 0 Å². The number of amides is 2. The van der Waals surface area contributed by atoms with Gasteiger partial charge >= 0.3 is 0 Å². The van der Waals surface area contributed by atoms with Crippen LogP contribution in [0.5, 0.6) is 0 Å². The van der Waals surface area contributed by atoms with E-state index in [1.165, 1.54) is 0 Å². The first-order valence-electron chi connectivity index (χ1n) is 8.35. The third kappa shape index (κ3) is 5.32. The van der Waals surface area contributed by atoms with E-state index >= 15 is 0 Å². The van der Waals surface area contributed by atoms with Crippen LogP contribution in [-0.4, -0.2) is 55.1 Å². The van der Waals surface area contributed by atoms with E-state index in [1.54, 1.807) is 0 Å². The molecule has 1 aromatic carbocycles. The molecule has 1 aliphatic heterocycles. The second-order valence-corrected chi connectivity index (χ2v) is 6.54. The average molecular weight is 333 g/mol. The molecule has 1 aliphatic rings. The number of para-hydroxylation sites is 1. The predicted molar refractivity (Wildman–Crippen MR) is 94.0 cm³/mol. The zero-order valence-electron chi connectivity index (χ0n) is 14.9. The van der Waals surface area contributed by atoms with Gasteiger partial charge in [-0.25, -0.2) is 0 Å². The van der Waals surface area contributed by atoms with Crippen LogP contribution in [0.15, 0.2) is 18.2 Å². The Morgan fingerprint density at radius 3 is 2.29 bits per heavy atom. The molecule has 24 heavy (non-hydrogen) atoms. The number of aryl methyl sites for hydroxylation is 2. The number of nitrogens with one attached hydrogen (secondary N) is 2. The topological polar surface area (TPSA) is 70.7 Å². The van der Waals surface area contributed by atoms with Gasteiger partial charge in [-0.1, -0.05) is 18.2 Å². The van der Waals surface area contributed by atoms with Crippen molar-refractivity contribution in [1.29, 1.82) is 0 Å². The van der Waals surface area contributed by atoms with E-state index < -0.39 is 0 Å². The maximum absolute atomic E-state index is 12.1. The van der Waals surface area contributed by atoms with E-state index in [1.807, 2.05) is 45.9 Å². The van der Waals surface area contributed by atoms with Gasteiger partial charge in [-0.05, 0) is 38.8 Å². The van der Waals surface area contributed by atoms with E-state index in [0.29, 0.717) is 0 Å². The highest BCUT2D eigenvalue weighted by atomic mass is 16.5. The molecular formula is C18H27N3O3. The fraction of sp³-hybridized carbons (Fsp3) is 0.556. The van der Waals surface area contributed by atoms with Crippen LogP contribution in [0.3, 0.4) is 0 Å². The Morgan fingerprint density at radius 2 is 1.71 bits per heavy atom. The van der Waals surface area contributed by atoms with Crippen molar-refractivity contribution >= 4 is 17.5 Å². The Balaban J connectivity index is 1.78. The SMILES string of the molecule is Cc1cccc(C)c1NC(=O)CNC(=O)CN1C[C@@H](C)O[C@@H](C)C1. The van der Waals surface area contributed by atoms with E-state index in [2.05, 4.69) is 15.5 Å². The van der Waals surface area contributed by atoms with Gasteiger partial charge in [0.15, 0.2) is 0 Å². The second kappa shape index (κ2) is 8.26. The van der Waals surface area contributed by atoms with Crippen LogP contribution in [0.25, 0.3) is 0 Å². The van der Waals surface area contributed by atoms with Crippen LogP contribution in [0, 0.1) is 13.8 Å². The maximum Gasteiger partial charge on any atom is 0.243 e. The summed E-state index contributed by atoms with van der Waals surface area (Å²) in [6.45, 7) is 9.61. The van der Waals surface area contributed by atoms with Gasteiger partial charge in [0.05, 0.1) is 25.3 Å². The van der Waals surface area contributed by atoms with Gasteiger partial charge in [-0.3, -0.25) is 14.5 Å². The summed E-state index contributed by atoms with van der Waals surface area (Å²) in [5.41, 5.74) is 2.82. The van der Waals surface area contributed by atoms with Crippen molar-refractivity contribution in [2.75, 3.05) is 31.5 Å². The minimum atomic E-state index is -0.218. The highest BCUT2D eigenvalue weighted by Crippen LogP contribution is 2.19. The monoisotopic (exact) mass is 333 g/mol. The second-order valence-electron chi connectivity index (χ2n) is 6.54. The Morgan fingerprint density at radius 1 is 1.12 bits per heavy atom. The third-order valence-corrected chi connectivity index (χ3v) is 4.05. The van der Waals surface area contributed by atoms with Crippen molar-refractivity contribution < 1.29 is 14.3 Å². The van der Waals surface area contributed by atoms with Gasteiger partial charge in [-0.15, -0.1) is 0 Å². The van der Waals surface area contributed by atoms with Gasteiger partial charge in [0, 0.05) is 18.8 Å². The summed E-state index contributed by atoms with van der Waals surface area (Å²) in [6, 6.07) is 5.84. The highest BCUT2D eigenvalue weighted by Gasteiger charge is 2.23. The molecule has 0 radical (unpaired) electrons. The van der Waals surface area contributed by atoms with E-state index in [0.717, 1.165) is 29.9 Å². The molecule has 0 saturated carbocycles. The summed E-state index contributed by atoms with van der Waals surface area (Å²) in [6.07, 6.45) is 0.239. The number of carbonyl (C=O) groups excluding carboxylic acids is 2. The number of morpholine rings is 1. The van der Waals surface area contributed by atoms with Crippen molar-refractivity contribution in [3.63, 3.8) is 0 Å². The summed E-state index contributed by atoms with van der Waals surface area (Å²) in [7, 11) is 0. The first-order valence-corrected chi connectivity index (χ1v) is 8.35. The molecule has 1 fully saturated rings. The zero-order valence-corrected chi connectivity index (χ0v) is 14.9. The molecule has 132 valence electrons. The van der Waals surface area contributed by atoms with Crippen LogP contribution in [-0.2, 0) is 14.3 Å². The number of nitrogens with zero attached hydrogens (tertiary/aromatic N) is 1. The quantitative estimate of drug-likeness (QED) is 0.856. The average Bonchev–Trinajstić information content (AvgIpc) is 2.48. The Labute approximate surface area is 143 Å². The van der Waals surface area contributed by atoms with Crippen LogP contribution in [0.2, 0.25) is 0 Å². The number of benzene rings is 1. The molecule has 2 N–H and O–H groups in total. The summed E-state index contributed by atoms with van der Waals surface area (Å²) < 4.78 is 5.65. The van der Waals surface area contributed by atoms with Crippen molar-refractivity contribution in [3.05, 3.63) is 29.3 Å². The van der Waals surface area contributed by atoms with Crippen LogP contribution in [0.1, 0.15) is 25.0 Å². The standard InChI is InChI=1S/C18H27N3O3/c1-12-6-5-7-13(2)18(12)20-16(22)8-19-17(23)11-21-9-14(3)24-15(4)10-21/h5-7,14-15H,8-11H2,1-4H3,(H,19,23)(H,20,22)/t14-,15+. The summed E-state index contributed by atoms with van der Waals surface area (Å²) >= 11 is 0. The summed E-state index contributed by atoms with van der Waals surface area (Å²) in [5.74, 6) is -0.364. The van der Waals surface area contributed by atoms with E-state index in [9.17, 15) is 9.59 Å². The van der Waals surface area contributed by atoms with Gasteiger partial charge in [0.2, 0.25) is 11.8 Å². The van der Waals surface area contributed by atoms with Gasteiger partial charge in [0.1, 0.15) is 0 Å². The molecular weight excluding hydrogens is 306 g/mol. The van der Waals surface area contributed by atoms with E-state index in [4.69, 9.17) is 4.74 Å². The fourth-order valence-electron chi connectivity index (χ4n) is 3.05. The largest absolute Gasteiger partial charge is 0.373 e. The van der Waals surface area contributed by atoms with Crippen molar-refractivity contribution in [2.24, 2.45) is 0 Å². The van der Waals surface area contributed by atoms with Crippen molar-refractivity contribution in [2.45, 2.75) is 39.9 Å². The molecule has 2 atom stereocenters. The Hall–Kier alpha value is -1.92. The lowest BCUT2D eigenvalue weighted by Crippen LogP contribution is -2.49. The van der Waals surface area contributed by atoms with Crippen molar-refractivity contribution in [1.82, 2.24) is 10.2 Å². The fourth-order valence-corrected chi connectivity index (χ4v) is 3.05. The number of hydrogen-bond donors (Lipinski definition) is 2. The minimum absolute atomic E-state index is 0.0257. The number of anilines is 1. The molecule has 6 heteroatoms. The van der Waals surface area contributed by atoms with Gasteiger partial charge < -0.3 is 15.4 Å². The molecule has 2 amide bonds. The zero-order chi connectivity index (χ0) is 17.7. The molecule has 0 bridgehead atoms. The van der Waals surface area contributed by atoms with E-state index in [-0.39, 0.29) is 37.1 Å². The first-order chi connectivity index (χ1) is 11.3. The molecule has 1 heterocycles. The molecule has 0 aliphatic carbocycles. The molecule has 0 unspecified atom stereocenters. The summed E-state index contributed by atoms with van der Waals surface area (Å²) in [4.78, 5) is 26.2. The lowest BCUT2D eigenvalue weighted by atomic mass is 10.1. The molecule has 6 nitrogen and oxygen atoms in total. The van der Waals surface area contributed by atoms with Crippen LogP contribution < -0.4 is 10.6 Å². The molecule has 1 saturated heterocycles. The van der Waals surface area contributed by atoms with Gasteiger partial charge in [0.25, 0.3) is 0 Å². The maximum atomic E-state index is 12.1. The first kappa shape index (κ1) is 18.4. The Bertz CT molecular complexity index is 573. The van der Waals surface area contributed by atoms with Crippen LogP contribution in [0.4, 0.5) is 5.69 Å². The lowest BCUT2D eigenvalue weighted by molar-refractivity contribution is -0.128. The molecule has 1 aromatic rings. The molecule has 0 aromatic heterocycles. The van der Waals surface area contributed by atoms with Crippen molar-refractivity contribution in [3.8, 4) is 0 Å². The number of ether oxygens (including phenoxy) is 1.